The van der Waals surface area contributed by atoms with Gasteiger partial charge in [-0.15, -0.1) is 0 Å². The van der Waals surface area contributed by atoms with Crippen LogP contribution in [0.5, 0.6) is 0 Å². The Labute approximate surface area is 108 Å². The topological polar surface area (TPSA) is 49.4 Å². The van der Waals surface area contributed by atoms with E-state index in [0.29, 0.717) is 11.8 Å². The summed E-state index contributed by atoms with van der Waals surface area (Å²) in [5.74, 6) is 1.17. The third-order valence-electron chi connectivity index (χ3n) is 4.98. The van der Waals surface area contributed by atoms with Crippen molar-refractivity contribution < 1.29 is 9.59 Å². The Hall–Kier alpha value is -1.06. The number of carbonyl (C=O) groups is 2. The van der Waals surface area contributed by atoms with Crippen molar-refractivity contribution in [3.05, 3.63) is 0 Å². The van der Waals surface area contributed by atoms with Gasteiger partial charge in [0.1, 0.15) is 12.1 Å². The van der Waals surface area contributed by atoms with E-state index < -0.39 is 0 Å². The predicted octanol–water partition coefficient (Wildman–Crippen LogP) is 1.30. The van der Waals surface area contributed by atoms with E-state index >= 15 is 0 Å². The van der Waals surface area contributed by atoms with Crippen LogP contribution in [-0.2, 0) is 9.59 Å². The summed E-state index contributed by atoms with van der Waals surface area (Å²) in [6.45, 7) is 3.96. The second-order valence-electron chi connectivity index (χ2n) is 6.18. The quantitative estimate of drug-likeness (QED) is 0.821. The van der Waals surface area contributed by atoms with Crippen molar-refractivity contribution in [1.82, 2.24) is 10.2 Å². The molecule has 2 amide bonds. The van der Waals surface area contributed by atoms with Crippen LogP contribution in [0.2, 0.25) is 0 Å². The fraction of sp³-hybridized carbons (Fsp3) is 0.857. The summed E-state index contributed by atoms with van der Waals surface area (Å²) >= 11 is 0. The minimum atomic E-state index is -0.303. The van der Waals surface area contributed by atoms with Gasteiger partial charge in [0.2, 0.25) is 11.8 Å². The lowest BCUT2D eigenvalue weighted by atomic mass is 9.79. The fourth-order valence-corrected chi connectivity index (χ4v) is 3.27. The Morgan fingerprint density at radius 1 is 1.22 bits per heavy atom. The number of piperazine rings is 1. The normalized spacial score (nSPS) is 35.1. The molecular weight excluding hydrogens is 228 g/mol. The average molecular weight is 250 g/mol. The van der Waals surface area contributed by atoms with Crippen molar-refractivity contribution in [2.45, 2.75) is 64.1 Å². The van der Waals surface area contributed by atoms with Crippen molar-refractivity contribution in [3.8, 4) is 0 Å². The highest BCUT2D eigenvalue weighted by Crippen LogP contribution is 2.38. The molecule has 3 fully saturated rings. The van der Waals surface area contributed by atoms with Crippen molar-refractivity contribution in [2.24, 2.45) is 11.8 Å². The summed E-state index contributed by atoms with van der Waals surface area (Å²) in [4.78, 5) is 26.4. The maximum atomic E-state index is 12.6. The van der Waals surface area contributed by atoms with Crippen LogP contribution in [-0.4, -0.2) is 34.8 Å². The monoisotopic (exact) mass is 250 g/mol. The molecule has 2 saturated carbocycles. The molecule has 0 aromatic carbocycles. The molecule has 1 heterocycles. The van der Waals surface area contributed by atoms with Gasteiger partial charge in [-0.25, -0.2) is 0 Å². The molecule has 3 aliphatic rings. The van der Waals surface area contributed by atoms with Crippen molar-refractivity contribution in [3.63, 3.8) is 0 Å². The van der Waals surface area contributed by atoms with Gasteiger partial charge in [-0.05, 0) is 51.4 Å². The number of amides is 2. The molecule has 1 N–H and O–H groups in total. The van der Waals surface area contributed by atoms with Gasteiger partial charge in [0, 0.05) is 6.04 Å². The van der Waals surface area contributed by atoms with Crippen molar-refractivity contribution >= 4 is 11.8 Å². The van der Waals surface area contributed by atoms with Crippen molar-refractivity contribution in [1.29, 1.82) is 0 Å². The third-order valence-corrected chi connectivity index (χ3v) is 4.98. The van der Waals surface area contributed by atoms with Gasteiger partial charge < -0.3 is 10.2 Å². The summed E-state index contributed by atoms with van der Waals surface area (Å²) < 4.78 is 0. The smallest absolute Gasteiger partial charge is 0.246 e. The van der Waals surface area contributed by atoms with E-state index in [1.807, 2.05) is 11.8 Å². The largest absolute Gasteiger partial charge is 0.342 e. The van der Waals surface area contributed by atoms with Gasteiger partial charge in [0.15, 0.2) is 0 Å². The predicted molar refractivity (Wildman–Crippen MR) is 67.8 cm³/mol. The minimum absolute atomic E-state index is 0.0256. The van der Waals surface area contributed by atoms with Gasteiger partial charge in [-0.1, -0.05) is 6.42 Å². The first-order chi connectivity index (χ1) is 8.59. The first kappa shape index (κ1) is 12.0. The zero-order chi connectivity index (χ0) is 12.9. The van der Waals surface area contributed by atoms with E-state index in [1.54, 1.807) is 0 Å². The molecular formula is C14H22N2O2. The Morgan fingerprint density at radius 3 is 2.39 bits per heavy atom. The lowest BCUT2D eigenvalue weighted by molar-refractivity contribution is -0.153. The maximum Gasteiger partial charge on any atom is 0.246 e. The summed E-state index contributed by atoms with van der Waals surface area (Å²) in [7, 11) is 0. The van der Waals surface area contributed by atoms with E-state index in [2.05, 4.69) is 12.2 Å². The number of nitrogens with zero attached hydrogens (tertiary/aromatic N) is 1. The zero-order valence-electron chi connectivity index (χ0n) is 11.2. The molecule has 0 bridgehead atoms. The molecule has 1 saturated heterocycles. The number of rotatable bonds is 3. The van der Waals surface area contributed by atoms with Crippen LogP contribution >= 0.6 is 0 Å². The average Bonchev–Trinajstić information content (AvgIpc) is 3.05. The van der Waals surface area contributed by atoms with Crippen LogP contribution in [0.1, 0.15) is 46.0 Å². The van der Waals surface area contributed by atoms with Crippen LogP contribution in [0, 0.1) is 11.8 Å². The third kappa shape index (κ3) is 1.82. The van der Waals surface area contributed by atoms with E-state index in [0.717, 1.165) is 12.8 Å². The summed E-state index contributed by atoms with van der Waals surface area (Å²) in [5.41, 5.74) is 0. The summed E-state index contributed by atoms with van der Waals surface area (Å²) in [5, 5.41) is 2.91. The minimum Gasteiger partial charge on any atom is -0.342 e. The summed E-state index contributed by atoms with van der Waals surface area (Å²) in [6.07, 6.45) is 5.83. The highest BCUT2D eigenvalue weighted by molar-refractivity contribution is 5.97. The molecule has 0 radical (unpaired) electrons. The van der Waals surface area contributed by atoms with Gasteiger partial charge in [-0.3, -0.25) is 9.59 Å². The fourth-order valence-electron chi connectivity index (χ4n) is 3.27. The standard InChI is InChI=1S/C14H22N2O2/c1-8(10-4-3-5-10)16-9(2)13(17)15-12(14(16)18)11-6-7-11/h8-12H,3-7H2,1-2H3,(H,15,17). The molecule has 4 nitrogen and oxygen atoms in total. The highest BCUT2D eigenvalue weighted by Gasteiger charge is 2.48. The van der Waals surface area contributed by atoms with Crippen LogP contribution in [0.4, 0.5) is 0 Å². The number of hydrogen-bond acceptors (Lipinski definition) is 2. The molecule has 3 rings (SSSR count). The van der Waals surface area contributed by atoms with Crippen LogP contribution in [0.3, 0.4) is 0 Å². The highest BCUT2D eigenvalue weighted by atomic mass is 16.2. The molecule has 0 spiro atoms. The zero-order valence-corrected chi connectivity index (χ0v) is 11.2. The SMILES string of the molecule is CC1C(=O)NC(C2CC2)C(=O)N1C(C)C1CCC1. The van der Waals surface area contributed by atoms with E-state index in [9.17, 15) is 9.59 Å². The number of hydrogen-bond donors (Lipinski definition) is 1. The number of carbonyl (C=O) groups excluding carboxylic acids is 2. The Morgan fingerprint density at radius 2 is 1.89 bits per heavy atom. The molecule has 4 heteroatoms. The van der Waals surface area contributed by atoms with Crippen LogP contribution in [0.25, 0.3) is 0 Å². The van der Waals surface area contributed by atoms with Gasteiger partial charge in [0.05, 0.1) is 0 Å². The first-order valence-corrected chi connectivity index (χ1v) is 7.22. The van der Waals surface area contributed by atoms with Crippen molar-refractivity contribution in [2.75, 3.05) is 0 Å². The molecule has 100 valence electrons. The Bertz CT molecular complexity index is 374. The lowest BCUT2D eigenvalue weighted by Crippen LogP contribution is -2.66. The van der Waals surface area contributed by atoms with Gasteiger partial charge in [-0.2, -0.15) is 0 Å². The van der Waals surface area contributed by atoms with E-state index in [4.69, 9.17) is 0 Å². The van der Waals surface area contributed by atoms with Crippen LogP contribution < -0.4 is 5.32 Å². The van der Waals surface area contributed by atoms with E-state index in [1.165, 1.54) is 19.3 Å². The Balaban J connectivity index is 1.79. The molecule has 3 atom stereocenters. The van der Waals surface area contributed by atoms with E-state index in [-0.39, 0.29) is 29.9 Å². The second kappa shape index (κ2) is 4.25. The molecule has 2 aliphatic carbocycles. The van der Waals surface area contributed by atoms with Gasteiger partial charge in [0.25, 0.3) is 0 Å². The first-order valence-electron chi connectivity index (χ1n) is 7.22. The molecule has 3 unspecified atom stereocenters. The second-order valence-corrected chi connectivity index (χ2v) is 6.18. The molecule has 18 heavy (non-hydrogen) atoms. The summed E-state index contributed by atoms with van der Waals surface area (Å²) in [6, 6.07) is -0.326. The maximum absolute atomic E-state index is 12.6. The van der Waals surface area contributed by atoms with Crippen LogP contribution in [0.15, 0.2) is 0 Å². The van der Waals surface area contributed by atoms with Gasteiger partial charge >= 0.3 is 0 Å². The lowest BCUT2D eigenvalue weighted by Gasteiger charge is -2.45. The molecule has 0 aromatic heterocycles. The molecule has 0 aromatic rings. The molecule has 1 aliphatic heterocycles. The Kier molecular flexibility index (Phi) is 2.83. The number of nitrogens with one attached hydrogen (secondary N) is 1.